The summed E-state index contributed by atoms with van der Waals surface area (Å²) < 4.78 is 14.3. The molecular weight excluding hydrogens is 492 g/mol. The van der Waals surface area contributed by atoms with E-state index in [0.29, 0.717) is 5.56 Å². The lowest BCUT2D eigenvalue weighted by atomic mass is 10.1. The lowest BCUT2D eigenvalue weighted by molar-refractivity contribution is -0.159. The van der Waals surface area contributed by atoms with Gasteiger partial charge in [-0.25, -0.2) is 9.59 Å². The molecule has 0 aliphatic carbocycles. The minimum atomic E-state index is -3.13. The molecule has 1 aromatic heterocycles. The van der Waals surface area contributed by atoms with Gasteiger partial charge in [0, 0.05) is 18.2 Å². The molecule has 1 unspecified atom stereocenters. The number of aliphatic hydroxyl groups is 1. The van der Waals surface area contributed by atoms with Crippen LogP contribution >= 0.6 is 0 Å². The second kappa shape index (κ2) is 10.2. The molecule has 1 fully saturated rings. The number of carboxylic acid groups (broad SMARTS) is 1. The van der Waals surface area contributed by atoms with Gasteiger partial charge < -0.3 is 19.4 Å². The van der Waals surface area contributed by atoms with E-state index < -0.39 is 55.1 Å². The van der Waals surface area contributed by atoms with Crippen molar-refractivity contribution in [1.82, 2.24) is 9.55 Å². The lowest BCUT2D eigenvalue weighted by Gasteiger charge is -2.45. The monoisotopic (exact) mass is 524 g/mol. The largest absolute Gasteiger partial charge is 0.479 e. The van der Waals surface area contributed by atoms with Crippen LogP contribution in [0.1, 0.15) is 39.0 Å². The molecule has 4 atom stereocenters. The van der Waals surface area contributed by atoms with Gasteiger partial charge in [-0.05, 0) is 22.3 Å². The van der Waals surface area contributed by atoms with Gasteiger partial charge in [-0.3, -0.25) is 14.3 Å². The number of aryl methyl sites for hydroxylation is 1. The highest BCUT2D eigenvalue weighted by Gasteiger charge is 2.55. The van der Waals surface area contributed by atoms with Crippen LogP contribution < -0.4 is 21.6 Å². The minimum absolute atomic E-state index is 0.102. The molecule has 0 amide bonds. The minimum Gasteiger partial charge on any atom is -0.479 e. The Bertz CT molecular complexity index is 1330. The number of hydrogen-bond acceptors (Lipinski definition) is 6. The second-order valence-corrected chi connectivity index (χ2v) is 14.6. The van der Waals surface area contributed by atoms with Crippen molar-refractivity contribution in [1.29, 1.82) is 0 Å². The number of hydrogen-bond donors (Lipinski definition) is 3. The zero-order chi connectivity index (χ0) is 27.0. The topological polar surface area (TPSA) is 131 Å². The molecule has 1 saturated heterocycles. The standard InChI is InChI=1S/C27H32N2O7Si/c1-17-16-29(26(34)28-24(17)31)21-15-20(23(35-21)22(30)25(32)33)36-37(27(2,3)4,18-11-7-5-8-12-18)19-13-9-6-10-14-19/h5-14,16,20-23,30H,15H2,1-4H3,(H,32,33)(H,28,31,34)/t20-,21+,22?,23-/m0/s1. The average Bonchev–Trinajstić information content (AvgIpc) is 3.27. The Kier molecular flexibility index (Phi) is 7.38. The van der Waals surface area contributed by atoms with E-state index in [2.05, 4.69) is 25.8 Å². The molecule has 0 radical (unpaired) electrons. The third-order valence-corrected chi connectivity index (χ3v) is 11.9. The molecule has 0 saturated carbocycles. The van der Waals surface area contributed by atoms with E-state index in [0.717, 1.165) is 10.4 Å². The zero-order valence-electron chi connectivity index (χ0n) is 21.3. The summed E-state index contributed by atoms with van der Waals surface area (Å²) in [5.41, 5.74) is -0.897. The first kappa shape index (κ1) is 26.7. The van der Waals surface area contributed by atoms with Crippen LogP contribution in [0.15, 0.2) is 76.4 Å². The third-order valence-electron chi connectivity index (χ3n) is 6.88. The number of aliphatic carboxylic acids is 1. The maximum Gasteiger partial charge on any atom is 0.335 e. The first-order valence-electron chi connectivity index (χ1n) is 12.1. The maximum atomic E-state index is 12.6. The maximum absolute atomic E-state index is 12.6. The van der Waals surface area contributed by atoms with E-state index in [1.807, 2.05) is 60.7 Å². The fourth-order valence-electron chi connectivity index (χ4n) is 5.09. The summed E-state index contributed by atoms with van der Waals surface area (Å²) in [6.07, 6.45) is -3.45. The summed E-state index contributed by atoms with van der Waals surface area (Å²) in [4.78, 5) is 38.6. The van der Waals surface area contributed by atoms with Crippen molar-refractivity contribution in [3.05, 3.63) is 93.3 Å². The van der Waals surface area contributed by atoms with Gasteiger partial charge in [0.2, 0.25) is 0 Å². The molecular formula is C27H32N2O7Si. The van der Waals surface area contributed by atoms with Crippen LogP contribution in [0.2, 0.25) is 5.04 Å². The summed E-state index contributed by atoms with van der Waals surface area (Å²) in [5.74, 6) is -1.45. The highest BCUT2D eigenvalue weighted by molar-refractivity contribution is 6.99. The number of rotatable bonds is 7. The summed E-state index contributed by atoms with van der Waals surface area (Å²) >= 11 is 0. The molecule has 4 rings (SSSR count). The van der Waals surface area contributed by atoms with E-state index in [9.17, 15) is 24.6 Å². The van der Waals surface area contributed by atoms with Gasteiger partial charge in [0.15, 0.2) is 6.10 Å². The Morgan fingerprint density at radius 1 is 1.08 bits per heavy atom. The fourth-order valence-corrected chi connectivity index (χ4v) is 9.79. The Hall–Kier alpha value is -3.31. The van der Waals surface area contributed by atoms with Gasteiger partial charge in [-0.1, -0.05) is 81.4 Å². The van der Waals surface area contributed by atoms with Gasteiger partial charge in [0.1, 0.15) is 12.3 Å². The molecule has 1 aliphatic rings. The normalized spacial score (nSPS) is 21.1. The van der Waals surface area contributed by atoms with Crippen LogP contribution in [0.4, 0.5) is 0 Å². The Balaban J connectivity index is 1.86. The molecule has 1 aliphatic heterocycles. The van der Waals surface area contributed by atoms with Crippen LogP contribution in [0.3, 0.4) is 0 Å². The zero-order valence-corrected chi connectivity index (χ0v) is 22.3. The first-order chi connectivity index (χ1) is 17.5. The van der Waals surface area contributed by atoms with Crippen molar-refractivity contribution in [3.8, 4) is 0 Å². The highest BCUT2D eigenvalue weighted by Crippen LogP contribution is 2.41. The summed E-state index contributed by atoms with van der Waals surface area (Å²) in [5, 5.41) is 21.9. The van der Waals surface area contributed by atoms with Gasteiger partial charge in [-0.15, -0.1) is 0 Å². The molecule has 3 aromatic rings. The van der Waals surface area contributed by atoms with E-state index in [4.69, 9.17) is 9.16 Å². The van der Waals surface area contributed by atoms with Gasteiger partial charge in [-0.2, -0.15) is 0 Å². The van der Waals surface area contributed by atoms with Crippen molar-refractivity contribution in [2.24, 2.45) is 0 Å². The van der Waals surface area contributed by atoms with Crippen molar-refractivity contribution in [2.45, 2.75) is 63.7 Å². The number of carboxylic acids is 1. The van der Waals surface area contributed by atoms with E-state index in [-0.39, 0.29) is 6.42 Å². The van der Waals surface area contributed by atoms with E-state index in [1.54, 1.807) is 6.92 Å². The van der Waals surface area contributed by atoms with Crippen molar-refractivity contribution < 1.29 is 24.2 Å². The molecule has 9 nitrogen and oxygen atoms in total. The number of nitrogens with zero attached hydrogens (tertiary/aromatic N) is 1. The number of H-pyrrole nitrogens is 1. The number of nitrogens with one attached hydrogen (secondary N) is 1. The van der Waals surface area contributed by atoms with Crippen molar-refractivity contribution in [3.63, 3.8) is 0 Å². The number of carbonyl (C=O) groups is 1. The second-order valence-electron chi connectivity index (χ2n) is 10.4. The van der Waals surface area contributed by atoms with E-state index >= 15 is 0 Å². The third kappa shape index (κ3) is 4.97. The van der Waals surface area contributed by atoms with E-state index in [1.165, 1.54) is 10.8 Å². The predicted octanol–water partition coefficient (Wildman–Crippen LogP) is 1.52. The summed E-state index contributed by atoms with van der Waals surface area (Å²) in [7, 11) is -3.13. The van der Waals surface area contributed by atoms with Gasteiger partial charge in [0.25, 0.3) is 13.9 Å². The molecule has 10 heteroatoms. The van der Waals surface area contributed by atoms with Gasteiger partial charge >= 0.3 is 11.7 Å². The molecule has 37 heavy (non-hydrogen) atoms. The number of benzene rings is 2. The first-order valence-corrected chi connectivity index (χ1v) is 14.0. The highest BCUT2D eigenvalue weighted by atomic mass is 28.4. The molecule has 0 bridgehead atoms. The Morgan fingerprint density at radius 3 is 2.11 bits per heavy atom. The fraction of sp³-hybridized carbons (Fsp3) is 0.370. The Morgan fingerprint density at radius 2 is 1.62 bits per heavy atom. The number of aromatic amines is 1. The summed E-state index contributed by atoms with van der Waals surface area (Å²) in [6, 6.07) is 19.6. The van der Waals surface area contributed by atoms with Crippen LogP contribution in [0.5, 0.6) is 0 Å². The number of ether oxygens (including phenoxy) is 1. The Labute approximate surface area is 215 Å². The molecule has 0 spiro atoms. The van der Waals surface area contributed by atoms with Crippen molar-refractivity contribution >= 4 is 24.7 Å². The average molecular weight is 525 g/mol. The SMILES string of the molecule is Cc1cn([C@H]2C[C@H](O[Si](c3ccccc3)(c3ccccc3)C(C)(C)C)[C@@H](C(O)C(=O)O)O2)c(=O)[nH]c1=O. The smallest absolute Gasteiger partial charge is 0.335 e. The lowest BCUT2D eigenvalue weighted by Crippen LogP contribution is -2.68. The molecule has 2 aromatic carbocycles. The number of aliphatic hydroxyl groups excluding tert-OH is 1. The van der Waals surface area contributed by atoms with Gasteiger partial charge in [0.05, 0.1) is 6.10 Å². The summed E-state index contributed by atoms with van der Waals surface area (Å²) in [6.45, 7) is 7.82. The van der Waals surface area contributed by atoms with Crippen LogP contribution in [-0.2, 0) is 14.0 Å². The van der Waals surface area contributed by atoms with Crippen LogP contribution in [-0.4, -0.2) is 52.4 Å². The molecule has 196 valence electrons. The molecule has 2 heterocycles. The van der Waals surface area contributed by atoms with Crippen LogP contribution in [0.25, 0.3) is 0 Å². The quantitative estimate of drug-likeness (QED) is 0.400. The predicted molar refractivity (Wildman–Crippen MR) is 141 cm³/mol. The number of aromatic nitrogens is 2. The van der Waals surface area contributed by atoms with Crippen LogP contribution in [0, 0.1) is 6.92 Å². The van der Waals surface area contributed by atoms with Crippen molar-refractivity contribution in [2.75, 3.05) is 0 Å². The molecule has 3 N–H and O–H groups in total.